The fourth-order valence-electron chi connectivity index (χ4n) is 9.97. The fourth-order valence-corrected chi connectivity index (χ4v) is 10.7. The van der Waals surface area contributed by atoms with Crippen LogP contribution in [0.15, 0.2) is 77.3 Å². The number of ether oxygens (including phenoxy) is 3. The van der Waals surface area contributed by atoms with Gasteiger partial charge in [-0.2, -0.15) is 0 Å². The zero-order valence-electron chi connectivity index (χ0n) is 55.2. The van der Waals surface area contributed by atoms with E-state index in [0.717, 1.165) is 121 Å². The second-order valence-corrected chi connectivity index (χ2v) is 27.3. The summed E-state index contributed by atoms with van der Waals surface area (Å²) in [5, 5.41) is 63.5. The zero-order valence-corrected chi connectivity index (χ0v) is 59.2. The minimum absolute atomic E-state index is 0. The number of benzene rings is 2. The first-order chi connectivity index (χ1) is 44.3. The molecular weight excluding hydrogens is 1350 g/mol. The van der Waals surface area contributed by atoms with E-state index in [1.165, 1.54) is 0 Å². The van der Waals surface area contributed by atoms with Gasteiger partial charge in [0.15, 0.2) is 33.6 Å². The number of piperidine rings is 4. The van der Waals surface area contributed by atoms with Crippen molar-refractivity contribution in [3.63, 3.8) is 0 Å². The van der Waals surface area contributed by atoms with Crippen LogP contribution in [0.25, 0.3) is 22.5 Å². The van der Waals surface area contributed by atoms with Crippen LogP contribution >= 0.6 is 51.5 Å². The lowest BCUT2D eigenvalue weighted by Gasteiger charge is -2.34. The Hall–Kier alpha value is -7.96. The number of rotatable bonds is 8. The van der Waals surface area contributed by atoms with Gasteiger partial charge in [0.1, 0.15) is 28.3 Å². The van der Waals surface area contributed by atoms with Gasteiger partial charge in [-0.05, 0) is 185 Å². The SMILES string of the molecule is CC(C)(C)OC(=O)NC1CCN(c2cc(-c3ccccc3O)nnc2N)CC1.CC(C)(C)OC(=O)NC1CCN(c2cc(Cl)nnc2N)CC1.CC(C)(C)OC(=O)NC1CCNCC1.Cl.Nc1nnc(-c2ccccc2O)cc1N1CCC(N)CC1.Nc1nnc(Cl)cc1Br. The molecule has 28 nitrogen and oxygen atoms in total. The first kappa shape index (κ1) is 77.7. The normalized spacial score (nSPS) is 15.6. The number of hydrogen-bond donors (Lipinski definition) is 11. The number of nitrogens with zero attached hydrogens (tertiary/aromatic N) is 11. The van der Waals surface area contributed by atoms with Crippen LogP contribution in [0.2, 0.25) is 10.3 Å². The molecule has 520 valence electrons. The minimum Gasteiger partial charge on any atom is -0.507 e. The molecule has 16 N–H and O–H groups in total. The number of para-hydroxylation sites is 2. The van der Waals surface area contributed by atoms with E-state index in [1.807, 2.05) is 92.6 Å². The Morgan fingerprint density at radius 2 is 0.811 bits per heavy atom. The molecule has 4 aromatic heterocycles. The van der Waals surface area contributed by atoms with Crippen molar-refractivity contribution < 1.29 is 38.8 Å². The second-order valence-electron chi connectivity index (χ2n) is 25.7. The summed E-state index contributed by atoms with van der Waals surface area (Å²) >= 11 is 14.5. The number of amides is 3. The molecule has 6 aromatic rings. The number of hydrogen-bond acceptors (Lipinski definition) is 25. The first-order valence-electron chi connectivity index (χ1n) is 31.0. The summed E-state index contributed by atoms with van der Waals surface area (Å²) in [5.74, 6) is 1.79. The van der Waals surface area contributed by atoms with Gasteiger partial charge in [0.25, 0.3) is 0 Å². The molecule has 4 fully saturated rings. The van der Waals surface area contributed by atoms with Crippen molar-refractivity contribution in [2.75, 3.05) is 90.0 Å². The van der Waals surface area contributed by atoms with Crippen LogP contribution in [-0.4, -0.2) is 163 Å². The number of phenolic OH excluding ortho intramolecular Hbond substituents is 2. The van der Waals surface area contributed by atoms with Crippen molar-refractivity contribution in [3.8, 4) is 34.0 Å². The zero-order chi connectivity index (χ0) is 68.9. The number of carbonyl (C=O) groups is 3. The molecule has 0 radical (unpaired) electrons. The lowest BCUT2D eigenvalue weighted by Crippen LogP contribution is -2.46. The summed E-state index contributed by atoms with van der Waals surface area (Å²) in [4.78, 5) is 41.5. The number of halogens is 4. The van der Waals surface area contributed by atoms with E-state index in [9.17, 15) is 24.6 Å². The molecule has 4 aliphatic rings. The molecule has 4 aliphatic heterocycles. The van der Waals surface area contributed by atoms with Crippen molar-refractivity contribution in [1.29, 1.82) is 0 Å². The van der Waals surface area contributed by atoms with Gasteiger partial charge in [0, 0.05) is 80.6 Å². The van der Waals surface area contributed by atoms with Gasteiger partial charge in [-0.15, -0.1) is 53.2 Å². The summed E-state index contributed by atoms with van der Waals surface area (Å²) < 4.78 is 16.4. The predicted molar refractivity (Wildman–Crippen MR) is 379 cm³/mol. The summed E-state index contributed by atoms with van der Waals surface area (Å²) in [7, 11) is 0. The number of phenols is 2. The molecule has 10 rings (SSSR count). The molecule has 0 atom stereocenters. The van der Waals surface area contributed by atoms with Gasteiger partial charge >= 0.3 is 18.3 Å². The van der Waals surface area contributed by atoms with Crippen molar-refractivity contribution in [3.05, 3.63) is 87.6 Å². The average molecular weight is 1440 g/mol. The summed E-state index contributed by atoms with van der Waals surface area (Å²) in [6, 6.07) is 21.8. The van der Waals surface area contributed by atoms with Crippen LogP contribution in [0.5, 0.6) is 11.5 Å². The van der Waals surface area contributed by atoms with Crippen LogP contribution in [-0.2, 0) is 14.2 Å². The highest BCUT2D eigenvalue weighted by molar-refractivity contribution is 9.10. The number of nitrogens with two attached hydrogens (primary N) is 5. The van der Waals surface area contributed by atoms with Gasteiger partial charge in [-0.25, -0.2) is 14.4 Å². The molecule has 0 unspecified atom stereocenters. The largest absolute Gasteiger partial charge is 0.507 e. The Morgan fingerprint density at radius 3 is 1.16 bits per heavy atom. The molecule has 0 spiro atoms. The van der Waals surface area contributed by atoms with Gasteiger partial charge < -0.3 is 89.1 Å². The number of carbonyl (C=O) groups excluding carboxylic acids is 3. The van der Waals surface area contributed by atoms with Crippen LogP contribution in [0.4, 0.5) is 54.7 Å². The number of nitrogens with one attached hydrogen (secondary N) is 4. The number of nitrogen functional groups attached to an aromatic ring is 4. The van der Waals surface area contributed by atoms with E-state index in [-0.39, 0.29) is 60.3 Å². The molecular formula is C63H92BrCl3N20O8. The van der Waals surface area contributed by atoms with Gasteiger partial charge in [0.2, 0.25) is 0 Å². The maximum Gasteiger partial charge on any atom is 0.407 e. The molecule has 95 heavy (non-hydrogen) atoms. The molecule has 8 heterocycles. The monoisotopic (exact) mass is 1440 g/mol. The molecule has 0 aliphatic carbocycles. The van der Waals surface area contributed by atoms with Crippen molar-refractivity contribution >= 4 is 110 Å². The maximum atomic E-state index is 12.0. The van der Waals surface area contributed by atoms with Crippen LogP contribution in [0, 0.1) is 0 Å². The summed E-state index contributed by atoms with van der Waals surface area (Å²) in [6.07, 6.45) is 5.93. The Kier molecular flexibility index (Phi) is 29.7. The standard InChI is InChI=1S/C20H27N5O3.C15H19N5O.C14H22ClN5O2.C10H20N2O2.C4H3BrClN3.ClH/c1-20(2,3)28-19(27)22-13-8-10-25(11-9-13)16-12-15(23-24-18(16)21)14-6-4-5-7-17(14)26;16-10-5-7-20(8-6-10)13-9-12(18-19-15(13)17)11-3-1-2-4-14(11)21;1-14(2,3)22-13(21)17-9-4-6-20(7-5-9)10-8-11(15)18-19-12(10)16;1-10(2,3)14-9(13)12-8-4-6-11-7-5-8;5-2-1-3(6)8-9-4(2)7;/h4-7,12-13,26H,8-11H2,1-3H3,(H2,21,24)(H,22,27);1-4,9-10,21H,5-8,16H2,(H2,17,19);8-9H,4-7H2,1-3H3,(H2,16,19)(H,17,21);8,11H,4-7H2,1-3H3,(H,12,13);1H,(H2,7,9);1H. The van der Waals surface area contributed by atoms with Crippen LogP contribution in [0.1, 0.15) is 114 Å². The molecule has 32 heteroatoms. The Balaban J connectivity index is 0.000000223. The van der Waals surface area contributed by atoms with Crippen molar-refractivity contribution in [2.45, 2.75) is 155 Å². The molecule has 4 saturated heterocycles. The number of anilines is 7. The highest BCUT2D eigenvalue weighted by Gasteiger charge is 2.28. The third kappa shape index (κ3) is 26.6. The number of aromatic nitrogens is 8. The van der Waals surface area contributed by atoms with Crippen LogP contribution in [0.3, 0.4) is 0 Å². The number of aromatic hydroxyl groups is 2. The van der Waals surface area contributed by atoms with E-state index in [2.05, 4.69) is 92.7 Å². The smallest absolute Gasteiger partial charge is 0.407 e. The van der Waals surface area contributed by atoms with Crippen molar-refractivity contribution in [2.24, 2.45) is 5.73 Å². The highest BCUT2D eigenvalue weighted by atomic mass is 79.9. The topological polar surface area (TPSA) is 410 Å². The average Bonchev–Trinajstić information content (AvgIpc) is 0.832. The maximum absolute atomic E-state index is 12.0. The first-order valence-corrected chi connectivity index (χ1v) is 32.6. The van der Waals surface area contributed by atoms with E-state index < -0.39 is 22.9 Å². The van der Waals surface area contributed by atoms with E-state index in [1.54, 1.807) is 42.5 Å². The molecule has 2 aromatic carbocycles. The van der Waals surface area contributed by atoms with Gasteiger partial charge in [-0.1, -0.05) is 47.5 Å². The van der Waals surface area contributed by atoms with Gasteiger partial charge in [0.05, 0.1) is 32.9 Å². The minimum atomic E-state index is -0.513. The van der Waals surface area contributed by atoms with Crippen molar-refractivity contribution in [1.82, 2.24) is 62.1 Å². The second kappa shape index (κ2) is 36.2. The van der Waals surface area contributed by atoms with Crippen LogP contribution < -0.4 is 64.6 Å². The van der Waals surface area contributed by atoms with Gasteiger partial charge in [-0.3, -0.25) is 0 Å². The van der Waals surface area contributed by atoms with E-state index in [0.29, 0.717) is 60.6 Å². The predicted octanol–water partition coefficient (Wildman–Crippen LogP) is 9.65. The molecule has 0 saturated carbocycles. The lowest BCUT2D eigenvalue weighted by atomic mass is 10.0. The third-order valence-corrected chi connectivity index (χ3v) is 15.5. The third-order valence-electron chi connectivity index (χ3n) is 14.5. The Morgan fingerprint density at radius 1 is 0.495 bits per heavy atom. The fraction of sp³-hybridized carbons (Fsp3) is 0.508. The van der Waals surface area contributed by atoms with E-state index >= 15 is 0 Å². The Labute approximate surface area is 579 Å². The highest BCUT2D eigenvalue weighted by Crippen LogP contribution is 2.35. The molecule has 0 bridgehead atoms. The molecule has 3 amide bonds. The number of alkyl carbamates (subject to hydrolysis) is 3. The summed E-state index contributed by atoms with van der Waals surface area (Å²) in [6.45, 7) is 23.3. The Bertz CT molecular complexity index is 3430. The summed E-state index contributed by atoms with van der Waals surface area (Å²) in [5.41, 5.74) is 32.6. The van der Waals surface area contributed by atoms with E-state index in [4.69, 9.17) is 66.1 Å². The lowest BCUT2D eigenvalue weighted by molar-refractivity contribution is 0.0484. The quantitative estimate of drug-likeness (QED) is 0.0631.